The smallest absolute Gasteiger partial charge is 0.333 e. The predicted molar refractivity (Wildman–Crippen MR) is 165 cm³/mol. The molecular weight excluding hydrogens is 560 g/mol. The molecule has 0 aliphatic carbocycles. The van der Waals surface area contributed by atoms with Crippen molar-refractivity contribution in [2.75, 3.05) is 0 Å². The SMILES string of the molecule is CCCc1c(Cc2ccc(-c3ccccc3-c3nnn[nH]3)cc2)c(=O)n2n1C(C(=O)OC(C)OC(=O)C(C)(C)C)CCC2C. The van der Waals surface area contributed by atoms with E-state index in [4.69, 9.17) is 9.47 Å². The maximum Gasteiger partial charge on any atom is 0.333 e. The molecule has 3 heterocycles. The predicted octanol–water partition coefficient (Wildman–Crippen LogP) is 5.41. The number of nitrogens with one attached hydrogen (secondary N) is 1. The molecule has 0 amide bonds. The first-order valence-corrected chi connectivity index (χ1v) is 15.2. The fourth-order valence-electron chi connectivity index (χ4n) is 5.73. The molecule has 2 aromatic heterocycles. The Balaban J connectivity index is 1.43. The Morgan fingerprint density at radius 2 is 1.73 bits per heavy atom. The fourth-order valence-corrected chi connectivity index (χ4v) is 5.73. The van der Waals surface area contributed by atoms with E-state index >= 15 is 0 Å². The highest BCUT2D eigenvalue weighted by atomic mass is 16.7. The third-order valence-electron chi connectivity index (χ3n) is 7.99. The van der Waals surface area contributed by atoms with Crippen LogP contribution in [0.3, 0.4) is 0 Å². The molecule has 2 aromatic carbocycles. The van der Waals surface area contributed by atoms with Crippen LogP contribution in [-0.4, -0.2) is 48.2 Å². The molecule has 1 N–H and O–H groups in total. The van der Waals surface area contributed by atoms with E-state index in [1.54, 1.807) is 32.4 Å². The maximum absolute atomic E-state index is 13.9. The van der Waals surface area contributed by atoms with Gasteiger partial charge in [-0.15, -0.1) is 5.10 Å². The van der Waals surface area contributed by atoms with E-state index in [-0.39, 0.29) is 11.6 Å². The summed E-state index contributed by atoms with van der Waals surface area (Å²) >= 11 is 0. The minimum Gasteiger partial charge on any atom is -0.425 e. The normalized spacial score (nSPS) is 17.1. The first kappa shape index (κ1) is 30.9. The topological polar surface area (TPSA) is 134 Å². The lowest BCUT2D eigenvalue weighted by Gasteiger charge is -2.32. The van der Waals surface area contributed by atoms with Crippen molar-refractivity contribution in [3.63, 3.8) is 0 Å². The van der Waals surface area contributed by atoms with Crippen molar-refractivity contribution in [1.82, 2.24) is 30.0 Å². The molecule has 1 aliphatic heterocycles. The zero-order chi connectivity index (χ0) is 31.6. The maximum atomic E-state index is 13.9. The third-order valence-corrected chi connectivity index (χ3v) is 7.99. The van der Waals surface area contributed by atoms with Gasteiger partial charge in [-0.3, -0.25) is 14.3 Å². The first-order valence-electron chi connectivity index (χ1n) is 15.2. The minimum atomic E-state index is -1.04. The van der Waals surface area contributed by atoms with E-state index in [1.165, 1.54) is 0 Å². The Morgan fingerprint density at radius 3 is 2.36 bits per heavy atom. The number of fused-ring (bicyclic) bond motifs is 1. The molecule has 3 unspecified atom stereocenters. The Kier molecular flexibility index (Phi) is 8.85. The summed E-state index contributed by atoms with van der Waals surface area (Å²) in [6.07, 6.45) is 2.02. The van der Waals surface area contributed by atoms with Gasteiger partial charge in [0.15, 0.2) is 5.82 Å². The van der Waals surface area contributed by atoms with E-state index in [1.807, 2.05) is 60.1 Å². The van der Waals surface area contributed by atoms with Crippen LogP contribution in [0.5, 0.6) is 0 Å². The van der Waals surface area contributed by atoms with Crippen LogP contribution in [-0.2, 0) is 31.9 Å². The first-order chi connectivity index (χ1) is 21.0. The summed E-state index contributed by atoms with van der Waals surface area (Å²) in [5, 5.41) is 14.3. The van der Waals surface area contributed by atoms with Gasteiger partial charge >= 0.3 is 11.9 Å². The van der Waals surface area contributed by atoms with Gasteiger partial charge in [-0.05, 0) is 74.1 Å². The molecule has 0 radical (unpaired) electrons. The summed E-state index contributed by atoms with van der Waals surface area (Å²) in [6.45, 7) is 10.8. The van der Waals surface area contributed by atoms with Gasteiger partial charge in [0.2, 0.25) is 6.29 Å². The lowest BCUT2D eigenvalue weighted by molar-refractivity contribution is -0.193. The van der Waals surface area contributed by atoms with Gasteiger partial charge in [-0.2, -0.15) is 0 Å². The highest BCUT2D eigenvalue weighted by molar-refractivity contribution is 5.80. The van der Waals surface area contributed by atoms with E-state index in [0.717, 1.165) is 34.4 Å². The molecule has 11 nitrogen and oxygen atoms in total. The van der Waals surface area contributed by atoms with Gasteiger partial charge < -0.3 is 9.47 Å². The number of aromatic amines is 1. The molecule has 0 fully saturated rings. The number of benzene rings is 2. The van der Waals surface area contributed by atoms with E-state index in [0.29, 0.717) is 37.1 Å². The van der Waals surface area contributed by atoms with Crippen molar-refractivity contribution in [2.24, 2.45) is 5.41 Å². The molecule has 0 spiro atoms. The summed E-state index contributed by atoms with van der Waals surface area (Å²) < 4.78 is 14.6. The van der Waals surface area contributed by atoms with Crippen LogP contribution in [0.15, 0.2) is 53.3 Å². The average Bonchev–Trinajstić information content (AvgIpc) is 3.61. The van der Waals surface area contributed by atoms with Gasteiger partial charge in [0.05, 0.1) is 11.5 Å². The summed E-state index contributed by atoms with van der Waals surface area (Å²) in [6, 6.07) is 15.3. The Bertz CT molecular complexity index is 1680. The van der Waals surface area contributed by atoms with E-state index in [2.05, 4.69) is 27.5 Å². The molecule has 5 rings (SSSR count). The van der Waals surface area contributed by atoms with Crippen LogP contribution < -0.4 is 5.56 Å². The molecule has 44 heavy (non-hydrogen) atoms. The molecule has 0 saturated carbocycles. The molecule has 4 aromatic rings. The van der Waals surface area contributed by atoms with Crippen LogP contribution in [0, 0.1) is 5.41 Å². The average molecular weight is 601 g/mol. The number of H-pyrrole nitrogens is 1. The lowest BCUT2D eigenvalue weighted by Crippen LogP contribution is -2.39. The van der Waals surface area contributed by atoms with Crippen LogP contribution in [0.25, 0.3) is 22.5 Å². The summed E-state index contributed by atoms with van der Waals surface area (Å²) in [5.74, 6) is -0.375. The van der Waals surface area contributed by atoms with E-state index < -0.39 is 29.7 Å². The highest BCUT2D eigenvalue weighted by Crippen LogP contribution is 2.33. The number of ether oxygens (including phenoxy) is 2. The van der Waals surface area contributed by atoms with Crippen molar-refractivity contribution in [2.45, 2.75) is 92.0 Å². The quantitative estimate of drug-likeness (QED) is 0.199. The van der Waals surface area contributed by atoms with Gasteiger partial charge in [0, 0.05) is 30.2 Å². The monoisotopic (exact) mass is 600 g/mol. The highest BCUT2D eigenvalue weighted by Gasteiger charge is 2.37. The molecule has 11 heteroatoms. The number of carbonyl (C=O) groups excluding carboxylic acids is 2. The molecule has 0 saturated heterocycles. The summed E-state index contributed by atoms with van der Waals surface area (Å²) in [7, 11) is 0. The number of esters is 2. The third kappa shape index (κ3) is 6.22. The fraction of sp³-hybridized carbons (Fsp3) is 0.455. The Morgan fingerprint density at radius 1 is 1.02 bits per heavy atom. The Labute approximate surface area is 256 Å². The largest absolute Gasteiger partial charge is 0.425 e. The summed E-state index contributed by atoms with van der Waals surface area (Å²) in [5.41, 5.74) is 4.59. The lowest BCUT2D eigenvalue weighted by atomic mass is 9.96. The minimum absolute atomic E-state index is 0.0727. The number of hydrogen-bond donors (Lipinski definition) is 1. The zero-order valence-electron chi connectivity index (χ0n) is 26.2. The van der Waals surface area contributed by atoms with Crippen molar-refractivity contribution in [3.8, 4) is 22.5 Å². The number of aromatic nitrogens is 6. The van der Waals surface area contributed by atoms with Crippen LogP contribution in [0.2, 0.25) is 0 Å². The van der Waals surface area contributed by atoms with Crippen LogP contribution in [0.1, 0.15) is 89.7 Å². The number of nitrogens with zero attached hydrogens (tertiary/aromatic N) is 5. The standard InChI is InChI=1S/C33H40N6O5/c1-7-10-27-26(19-22-14-16-23(17-15-22)24-11-8-9-12-25(24)29-34-36-37-35-29)30(40)38-20(2)13-18-28(39(27)38)31(41)43-21(3)44-32(42)33(4,5)6/h8-9,11-12,14-17,20-21,28H,7,10,13,18-19H2,1-6H3,(H,34,35,36,37). The molecule has 3 atom stereocenters. The molecule has 1 aliphatic rings. The van der Waals surface area contributed by atoms with Crippen molar-refractivity contribution >= 4 is 11.9 Å². The zero-order valence-corrected chi connectivity index (χ0v) is 26.2. The number of tetrazole rings is 1. The van der Waals surface area contributed by atoms with Crippen LogP contribution >= 0.6 is 0 Å². The molecular formula is C33H40N6O5. The number of hydrogen-bond acceptors (Lipinski definition) is 8. The van der Waals surface area contributed by atoms with Crippen molar-refractivity contribution in [3.05, 3.63) is 75.7 Å². The van der Waals surface area contributed by atoms with Gasteiger partial charge in [0.1, 0.15) is 6.04 Å². The van der Waals surface area contributed by atoms with Crippen molar-refractivity contribution in [1.29, 1.82) is 0 Å². The number of carbonyl (C=O) groups is 2. The number of rotatable bonds is 9. The van der Waals surface area contributed by atoms with Crippen molar-refractivity contribution < 1.29 is 19.1 Å². The second-order valence-electron chi connectivity index (χ2n) is 12.4. The van der Waals surface area contributed by atoms with Gasteiger partial charge in [-0.1, -0.05) is 61.9 Å². The molecule has 0 bridgehead atoms. The van der Waals surface area contributed by atoms with E-state index in [9.17, 15) is 14.4 Å². The molecule has 232 valence electrons. The Hall–Kier alpha value is -4.54. The van der Waals surface area contributed by atoms with Gasteiger partial charge in [-0.25, -0.2) is 14.6 Å². The second kappa shape index (κ2) is 12.6. The summed E-state index contributed by atoms with van der Waals surface area (Å²) in [4.78, 5) is 39.7. The second-order valence-corrected chi connectivity index (χ2v) is 12.4. The van der Waals surface area contributed by atoms with Gasteiger partial charge in [0.25, 0.3) is 5.56 Å². The van der Waals surface area contributed by atoms with Crippen LogP contribution in [0.4, 0.5) is 0 Å².